The molecule has 19 heavy (non-hydrogen) atoms. The highest BCUT2D eigenvalue weighted by molar-refractivity contribution is 5.79. The van der Waals surface area contributed by atoms with Crippen LogP contribution in [0.1, 0.15) is 6.92 Å². The molecule has 1 aromatic carbocycles. The van der Waals surface area contributed by atoms with Gasteiger partial charge in [0.15, 0.2) is 0 Å². The topological polar surface area (TPSA) is 51.1 Å². The summed E-state index contributed by atoms with van der Waals surface area (Å²) in [6.45, 7) is 2.60. The van der Waals surface area contributed by atoms with Crippen molar-refractivity contribution in [2.45, 2.75) is 6.92 Å². The van der Waals surface area contributed by atoms with Gasteiger partial charge in [-0.25, -0.2) is 4.98 Å². The summed E-state index contributed by atoms with van der Waals surface area (Å²) >= 11 is 0. The van der Waals surface area contributed by atoms with E-state index in [0.717, 1.165) is 28.5 Å². The summed E-state index contributed by atoms with van der Waals surface area (Å²) in [5.74, 6) is 2.44. The van der Waals surface area contributed by atoms with E-state index >= 15 is 0 Å². The smallest absolute Gasteiger partial charge is 0.138 e. The lowest BCUT2D eigenvalue weighted by atomic mass is 10.0. The number of aromatic amines is 1. The van der Waals surface area contributed by atoms with Crippen molar-refractivity contribution in [2.24, 2.45) is 0 Å². The van der Waals surface area contributed by atoms with Crippen LogP contribution in [0.2, 0.25) is 0 Å². The average Bonchev–Trinajstić information content (AvgIpc) is 3.13. The molecule has 0 aliphatic heterocycles. The van der Waals surface area contributed by atoms with Gasteiger partial charge >= 0.3 is 0 Å². The first-order valence-electron chi connectivity index (χ1n) is 6.19. The van der Waals surface area contributed by atoms with Crippen LogP contribution in [0.4, 0.5) is 0 Å². The van der Waals surface area contributed by atoms with Crippen molar-refractivity contribution in [2.75, 3.05) is 6.61 Å². The van der Waals surface area contributed by atoms with E-state index < -0.39 is 0 Å². The highest BCUT2D eigenvalue weighted by Gasteiger charge is 2.12. The zero-order chi connectivity index (χ0) is 13.1. The van der Waals surface area contributed by atoms with Crippen LogP contribution in [0.3, 0.4) is 0 Å². The van der Waals surface area contributed by atoms with Gasteiger partial charge in [-0.15, -0.1) is 0 Å². The highest BCUT2D eigenvalue weighted by Crippen LogP contribution is 2.33. The Bertz CT molecular complexity index is 643. The molecule has 4 heteroatoms. The molecule has 0 spiro atoms. The van der Waals surface area contributed by atoms with E-state index in [0.29, 0.717) is 6.61 Å². The van der Waals surface area contributed by atoms with Crippen LogP contribution in [0.25, 0.3) is 22.7 Å². The number of hydrogen-bond donors (Lipinski definition) is 1. The molecule has 0 atom stereocenters. The molecule has 3 rings (SSSR count). The van der Waals surface area contributed by atoms with Crippen molar-refractivity contribution in [3.8, 4) is 28.5 Å². The van der Waals surface area contributed by atoms with Crippen LogP contribution < -0.4 is 4.74 Å². The molecule has 0 aliphatic rings. The molecule has 0 unspecified atom stereocenters. The quantitative estimate of drug-likeness (QED) is 0.771. The van der Waals surface area contributed by atoms with Crippen molar-refractivity contribution in [3.05, 3.63) is 49.0 Å². The molecule has 1 N–H and O–H groups in total. The number of ether oxygens (including phenoxy) is 1. The Morgan fingerprint density at radius 2 is 2.21 bits per heavy atom. The number of H-pyrrole nitrogens is 1. The largest absolute Gasteiger partial charge is 0.494 e. The predicted octanol–water partition coefficient (Wildman–Crippen LogP) is 3.74. The number of furan rings is 1. The van der Waals surface area contributed by atoms with Crippen molar-refractivity contribution in [3.63, 3.8) is 0 Å². The number of hydrogen-bond acceptors (Lipinski definition) is 3. The van der Waals surface area contributed by atoms with E-state index in [4.69, 9.17) is 9.15 Å². The lowest BCUT2D eigenvalue weighted by molar-refractivity contribution is 0.340. The predicted molar refractivity (Wildman–Crippen MR) is 72.9 cm³/mol. The van der Waals surface area contributed by atoms with Gasteiger partial charge in [0.05, 0.1) is 12.9 Å². The van der Waals surface area contributed by atoms with Crippen LogP contribution in [0.5, 0.6) is 5.75 Å². The fourth-order valence-corrected chi connectivity index (χ4v) is 2.03. The molecule has 0 fully saturated rings. The van der Waals surface area contributed by atoms with Gasteiger partial charge in [0.2, 0.25) is 0 Å². The Hall–Kier alpha value is -2.49. The molecule has 2 heterocycles. The highest BCUT2D eigenvalue weighted by atomic mass is 16.5. The average molecular weight is 254 g/mol. The third-order valence-electron chi connectivity index (χ3n) is 2.84. The number of rotatable bonds is 4. The van der Waals surface area contributed by atoms with Gasteiger partial charge in [-0.1, -0.05) is 0 Å². The SMILES string of the molecule is CCOc1ccc(-c2ccco2)c(-c2ncc[nH]2)c1. The number of imidazole rings is 1. The molecule has 0 radical (unpaired) electrons. The van der Waals surface area contributed by atoms with Gasteiger partial charge in [0, 0.05) is 23.5 Å². The van der Waals surface area contributed by atoms with Crippen LogP contribution in [0, 0.1) is 0 Å². The van der Waals surface area contributed by atoms with Crippen LogP contribution in [-0.2, 0) is 0 Å². The Morgan fingerprint density at radius 3 is 2.89 bits per heavy atom. The first-order valence-corrected chi connectivity index (χ1v) is 6.19. The molecule has 3 aromatic rings. The molecule has 0 bridgehead atoms. The first-order chi connectivity index (χ1) is 9.38. The van der Waals surface area contributed by atoms with Crippen molar-refractivity contribution in [1.82, 2.24) is 9.97 Å². The second-order valence-electron chi connectivity index (χ2n) is 4.06. The third kappa shape index (κ3) is 2.25. The van der Waals surface area contributed by atoms with Gasteiger partial charge in [0.1, 0.15) is 17.3 Å². The summed E-state index contributed by atoms with van der Waals surface area (Å²) in [5, 5.41) is 0. The zero-order valence-electron chi connectivity index (χ0n) is 10.6. The molecule has 0 saturated heterocycles. The lowest BCUT2D eigenvalue weighted by Crippen LogP contribution is -1.93. The Morgan fingerprint density at radius 1 is 1.26 bits per heavy atom. The molecule has 96 valence electrons. The molecular weight excluding hydrogens is 240 g/mol. The van der Waals surface area contributed by atoms with Gasteiger partial charge in [-0.05, 0) is 37.3 Å². The molecule has 0 saturated carbocycles. The molecule has 0 aliphatic carbocycles. The molecule has 2 aromatic heterocycles. The first kappa shape index (κ1) is 11.6. The minimum absolute atomic E-state index is 0.637. The fourth-order valence-electron chi connectivity index (χ4n) is 2.03. The maximum Gasteiger partial charge on any atom is 0.138 e. The Kier molecular flexibility index (Phi) is 3.06. The van der Waals surface area contributed by atoms with Gasteiger partial charge in [-0.2, -0.15) is 0 Å². The van der Waals surface area contributed by atoms with E-state index in [1.54, 1.807) is 18.7 Å². The van der Waals surface area contributed by atoms with Crippen molar-refractivity contribution in [1.29, 1.82) is 0 Å². The second kappa shape index (κ2) is 5.02. The molecular formula is C15H14N2O2. The van der Waals surface area contributed by atoms with E-state index in [9.17, 15) is 0 Å². The summed E-state index contributed by atoms with van der Waals surface area (Å²) in [6.07, 6.45) is 5.20. The lowest BCUT2D eigenvalue weighted by Gasteiger charge is -2.09. The Labute approximate surface area is 111 Å². The second-order valence-corrected chi connectivity index (χ2v) is 4.06. The number of nitrogens with one attached hydrogen (secondary N) is 1. The standard InChI is InChI=1S/C15H14N2O2/c1-2-18-11-5-6-12(14-4-3-9-19-14)13(10-11)15-16-7-8-17-15/h3-10H,2H2,1H3,(H,16,17). The van der Waals surface area contributed by atoms with Crippen LogP contribution in [-0.4, -0.2) is 16.6 Å². The fraction of sp³-hybridized carbons (Fsp3) is 0.133. The summed E-state index contributed by atoms with van der Waals surface area (Å²) in [5.41, 5.74) is 1.95. The molecule has 0 amide bonds. The minimum atomic E-state index is 0.637. The minimum Gasteiger partial charge on any atom is -0.494 e. The zero-order valence-corrected chi connectivity index (χ0v) is 10.6. The van der Waals surface area contributed by atoms with Crippen molar-refractivity contribution >= 4 is 0 Å². The van der Waals surface area contributed by atoms with E-state index in [2.05, 4.69) is 9.97 Å². The maximum absolute atomic E-state index is 5.54. The third-order valence-corrected chi connectivity index (χ3v) is 2.84. The summed E-state index contributed by atoms with van der Waals surface area (Å²) in [6, 6.07) is 9.70. The van der Waals surface area contributed by atoms with E-state index in [1.807, 2.05) is 37.3 Å². The monoisotopic (exact) mass is 254 g/mol. The van der Waals surface area contributed by atoms with E-state index in [1.165, 1.54) is 0 Å². The van der Waals surface area contributed by atoms with Gasteiger partial charge in [-0.3, -0.25) is 0 Å². The number of nitrogens with zero attached hydrogens (tertiary/aromatic N) is 1. The van der Waals surface area contributed by atoms with Gasteiger partial charge in [0.25, 0.3) is 0 Å². The number of aromatic nitrogens is 2. The van der Waals surface area contributed by atoms with Crippen LogP contribution >= 0.6 is 0 Å². The summed E-state index contributed by atoms with van der Waals surface area (Å²) in [4.78, 5) is 7.42. The van der Waals surface area contributed by atoms with Crippen molar-refractivity contribution < 1.29 is 9.15 Å². The Balaban J connectivity index is 2.13. The van der Waals surface area contributed by atoms with Gasteiger partial charge < -0.3 is 14.1 Å². The van der Waals surface area contributed by atoms with Crippen LogP contribution in [0.15, 0.2) is 53.4 Å². The molecule has 4 nitrogen and oxygen atoms in total. The number of benzene rings is 1. The summed E-state index contributed by atoms with van der Waals surface area (Å²) < 4.78 is 11.0. The maximum atomic E-state index is 5.54. The summed E-state index contributed by atoms with van der Waals surface area (Å²) in [7, 11) is 0. The normalized spacial score (nSPS) is 10.6. The van der Waals surface area contributed by atoms with E-state index in [-0.39, 0.29) is 0 Å².